The fourth-order valence-corrected chi connectivity index (χ4v) is 3.40. The Balaban J connectivity index is 3.28. The van der Waals surface area contributed by atoms with Gasteiger partial charge in [-0.05, 0) is 18.9 Å². The van der Waals surface area contributed by atoms with Crippen LogP contribution in [0.15, 0.2) is 17.0 Å². The first kappa shape index (κ1) is 16.9. The number of halogens is 3. The number of benzene rings is 1. The maximum atomic E-state index is 13.6. The van der Waals surface area contributed by atoms with Gasteiger partial charge in [-0.25, -0.2) is 26.3 Å². The Morgan fingerprint density at radius 2 is 1.60 bits per heavy atom. The van der Waals surface area contributed by atoms with Crippen molar-refractivity contribution < 1.29 is 21.6 Å². The Hall–Kier alpha value is -1.12. The van der Waals surface area contributed by atoms with Gasteiger partial charge in [-0.15, -0.1) is 0 Å². The van der Waals surface area contributed by atoms with Gasteiger partial charge < -0.3 is 5.73 Å². The van der Waals surface area contributed by atoms with Crippen LogP contribution in [0.2, 0.25) is 0 Å². The monoisotopic (exact) mass is 310 g/mol. The van der Waals surface area contributed by atoms with Crippen LogP contribution in [-0.2, 0) is 10.0 Å². The van der Waals surface area contributed by atoms with E-state index in [0.717, 1.165) is 0 Å². The van der Waals surface area contributed by atoms with Gasteiger partial charge in [0.2, 0.25) is 10.0 Å². The van der Waals surface area contributed by atoms with E-state index in [2.05, 4.69) is 4.72 Å². The molecule has 0 saturated carbocycles. The summed E-state index contributed by atoms with van der Waals surface area (Å²) in [5.41, 5.74) is 4.60. The molecule has 0 aliphatic carbocycles. The second kappa shape index (κ2) is 6.11. The van der Waals surface area contributed by atoms with Gasteiger partial charge in [0.15, 0.2) is 11.6 Å². The van der Waals surface area contributed by atoms with Crippen LogP contribution in [0, 0.1) is 17.5 Å². The van der Waals surface area contributed by atoms with Crippen molar-refractivity contribution in [1.29, 1.82) is 0 Å². The van der Waals surface area contributed by atoms with Crippen molar-refractivity contribution in [3.63, 3.8) is 0 Å². The number of rotatable bonds is 6. The highest BCUT2D eigenvalue weighted by Crippen LogP contribution is 2.22. The number of hydrogen-bond acceptors (Lipinski definition) is 3. The third kappa shape index (κ3) is 3.31. The van der Waals surface area contributed by atoms with Gasteiger partial charge in [0.05, 0.1) is 0 Å². The van der Waals surface area contributed by atoms with Crippen LogP contribution in [0.1, 0.15) is 26.7 Å². The van der Waals surface area contributed by atoms with Crippen molar-refractivity contribution >= 4 is 10.0 Å². The van der Waals surface area contributed by atoms with Crippen molar-refractivity contribution in [2.45, 2.75) is 37.1 Å². The second-order valence-electron chi connectivity index (χ2n) is 4.49. The van der Waals surface area contributed by atoms with Gasteiger partial charge in [-0.2, -0.15) is 0 Å². The van der Waals surface area contributed by atoms with Gasteiger partial charge in [0, 0.05) is 18.2 Å². The summed E-state index contributed by atoms with van der Waals surface area (Å²) >= 11 is 0. The molecule has 1 rings (SSSR count). The summed E-state index contributed by atoms with van der Waals surface area (Å²) in [7, 11) is -4.34. The maximum Gasteiger partial charge on any atom is 0.244 e. The topological polar surface area (TPSA) is 72.2 Å². The number of sulfonamides is 1. The van der Waals surface area contributed by atoms with Gasteiger partial charge in [-0.3, -0.25) is 0 Å². The highest BCUT2D eigenvalue weighted by Gasteiger charge is 2.32. The molecule has 0 aliphatic heterocycles. The maximum absolute atomic E-state index is 13.6. The molecule has 0 bridgehead atoms. The lowest BCUT2D eigenvalue weighted by atomic mass is 9.95. The van der Waals surface area contributed by atoms with E-state index in [1.54, 1.807) is 13.8 Å². The first-order chi connectivity index (χ1) is 9.21. The molecule has 20 heavy (non-hydrogen) atoms. The predicted molar refractivity (Wildman–Crippen MR) is 69.0 cm³/mol. The molecule has 1 aromatic carbocycles. The Morgan fingerprint density at radius 3 is 2.05 bits per heavy atom. The lowest BCUT2D eigenvalue weighted by molar-refractivity contribution is 0.362. The molecule has 114 valence electrons. The zero-order valence-electron chi connectivity index (χ0n) is 11.2. The molecule has 0 fully saturated rings. The summed E-state index contributed by atoms with van der Waals surface area (Å²) in [6.45, 7) is 3.45. The summed E-state index contributed by atoms with van der Waals surface area (Å²) < 4.78 is 66.0. The molecule has 1 aromatic rings. The molecule has 8 heteroatoms. The van der Waals surface area contributed by atoms with Crippen molar-refractivity contribution in [1.82, 2.24) is 4.72 Å². The zero-order valence-corrected chi connectivity index (χ0v) is 12.0. The Morgan fingerprint density at radius 1 is 1.10 bits per heavy atom. The second-order valence-corrected chi connectivity index (χ2v) is 6.14. The Bertz CT molecular complexity index is 578. The first-order valence-corrected chi connectivity index (χ1v) is 7.58. The standard InChI is InChI=1S/C12H17F3N2O2S/c1-3-12(4-2,7-16)17-20(18,19)11-6-9(14)8(13)5-10(11)15/h5-6,17H,3-4,7,16H2,1-2H3. The van der Waals surface area contributed by atoms with E-state index in [9.17, 15) is 21.6 Å². The van der Waals surface area contributed by atoms with Crippen molar-refractivity contribution in [3.05, 3.63) is 29.6 Å². The average Bonchev–Trinajstić information content (AvgIpc) is 2.40. The molecule has 0 spiro atoms. The molecule has 3 N–H and O–H groups in total. The van der Waals surface area contributed by atoms with E-state index >= 15 is 0 Å². The Labute approximate surface area is 116 Å². The normalized spacial score (nSPS) is 12.7. The van der Waals surface area contributed by atoms with Crippen molar-refractivity contribution in [2.75, 3.05) is 6.54 Å². The molecule has 0 radical (unpaired) electrons. The van der Waals surface area contributed by atoms with Gasteiger partial charge in [-0.1, -0.05) is 13.8 Å². The summed E-state index contributed by atoms with van der Waals surface area (Å²) in [5.74, 6) is -4.23. The van der Waals surface area contributed by atoms with E-state index < -0.39 is 37.9 Å². The number of nitrogens with two attached hydrogens (primary N) is 1. The SMILES string of the molecule is CCC(CC)(CN)NS(=O)(=O)c1cc(F)c(F)cc1F. The molecule has 0 saturated heterocycles. The van der Waals surface area contributed by atoms with Crippen LogP contribution in [0.5, 0.6) is 0 Å². The molecule has 0 unspecified atom stereocenters. The average molecular weight is 310 g/mol. The third-order valence-corrected chi connectivity index (χ3v) is 4.95. The van der Waals surface area contributed by atoms with E-state index in [1.807, 2.05) is 0 Å². The van der Waals surface area contributed by atoms with Crippen LogP contribution in [0.4, 0.5) is 13.2 Å². The smallest absolute Gasteiger partial charge is 0.244 e. The molecule has 0 aliphatic rings. The largest absolute Gasteiger partial charge is 0.329 e. The van der Waals surface area contributed by atoms with E-state index in [1.165, 1.54) is 0 Å². The lowest BCUT2D eigenvalue weighted by Gasteiger charge is -2.31. The lowest BCUT2D eigenvalue weighted by Crippen LogP contribution is -2.52. The third-order valence-electron chi connectivity index (χ3n) is 3.36. The summed E-state index contributed by atoms with van der Waals surface area (Å²) in [6, 6.07) is 0.519. The van der Waals surface area contributed by atoms with Crippen LogP contribution in [0.25, 0.3) is 0 Å². The predicted octanol–water partition coefficient (Wildman–Crippen LogP) is 1.90. The first-order valence-electron chi connectivity index (χ1n) is 6.10. The summed E-state index contributed by atoms with van der Waals surface area (Å²) in [4.78, 5) is -0.934. The van der Waals surface area contributed by atoms with Crippen molar-refractivity contribution in [2.24, 2.45) is 5.73 Å². The van der Waals surface area contributed by atoms with E-state index in [0.29, 0.717) is 18.9 Å². The highest BCUT2D eigenvalue weighted by atomic mass is 32.2. The van der Waals surface area contributed by atoms with Gasteiger partial charge in [0.1, 0.15) is 10.7 Å². The van der Waals surface area contributed by atoms with E-state index in [4.69, 9.17) is 5.73 Å². The minimum atomic E-state index is -4.34. The molecule has 0 atom stereocenters. The van der Waals surface area contributed by atoms with Crippen molar-refractivity contribution in [3.8, 4) is 0 Å². The Kier molecular flexibility index (Phi) is 5.17. The summed E-state index contributed by atoms with van der Waals surface area (Å²) in [6.07, 6.45) is 0.759. The molecule has 4 nitrogen and oxygen atoms in total. The van der Waals surface area contributed by atoms with Crippen LogP contribution in [0.3, 0.4) is 0 Å². The van der Waals surface area contributed by atoms with Gasteiger partial charge in [0.25, 0.3) is 0 Å². The van der Waals surface area contributed by atoms with Crippen LogP contribution in [-0.4, -0.2) is 20.5 Å². The quantitative estimate of drug-likeness (QED) is 0.788. The van der Waals surface area contributed by atoms with E-state index in [-0.39, 0.29) is 12.6 Å². The minimum Gasteiger partial charge on any atom is -0.329 e. The number of hydrogen-bond donors (Lipinski definition) is 2. The fourth-order valence-electron chi connectivity index (χ4n) is 1.77. The summed E-state index contributed by atoms with van der Waals surface area (Å²) in [5, 5.41) is 0. The van der Waals surface area contributed by atoms with Crippen LogP contribution >= 0.6 is 0 Å². The fraction of sp³-hybridized carbons (Fsp3) is 0.500. The molecule has 0 heterocycles. The molecule has 0 amide bonds. The molecular weight excluding hydrogens is 293 g/mol. The van der Waals surface area contributed by atoms with Gasteiger partial charge >= 0.3 is 0 Å². The molecule has 0 aromatic heterocycles. The van der Waals surface area contributed by atoms with Crippen LogP contribution < -0.4 is 10.5 Å². The number of nitrogens with one attached hydrogen (secondary N) is 1. The minimum absolute atomic E-state index is 0.00449. The zero-order chi connectivity index (χ0) is 15.6. The highest BCUT2D eigenvalue weighted by molar-refractivity contribution is 7.89. The molecular formula is C12H17F3N2O2S.